The molecule has 1 amide bonds. The third-order valence-electron chi connectivity index (χ3n) is 5.72. The third kappa shape index (κ3) is 4.01. The average Bonchev–Trinajstić information content (AvgIpc) is 2.78. The van der Waals surface area contributed by atoms with E-state index in [2.05, 4.69) is 10.0 Å². The Morgan fingerprint density at radius 3 is 2.10 bits per heavy atom. The van der Waals surface area contributed by atoms with Gasteiger partial charge in [-0.2, -0.15) is 0 Å². The number of hydrogen-bond acceptors (Lipinski definition) is 3. The van der Waals surface area contributed by atoms with E-state index in [1.807, 2.05) is 67.6 Å². The second-order valence-corrected chi connectivity index (χ2v) is 9.52. The van der Waals surface area contributed by atoms with Crippen LogP contribution in [0.1, 0.15) is 30.0 Å². The van der Waals surface area contributed by atoms with Crippen LogP contribution in [0.3, 0.4) is 0 Å². The summed E-state index contributed by atoms with van der Waals surface area (Å²) in [6, 6.07) is 24.7. The van der Waals surface area contributed by atoms with Crippen molar-refractivity contribution in [2.45, 2.75) is 30.1 Å². The molecule has 6 heteroatoms. The molecule has 0 spiro atoms. The molecule has 154 valence electrons. The van der Waals surface area contributed by atoms with Gasteiger partial charge in [0.1, 0.15) is 0 Å². The molecule has 4 rings (SSSR count). The first kappa shape index (κ1) is 20.3. The number of fused-ring (bicyclic) bond motifs is 1. The summed E-state index contributed by atoms with van der Waals surface area (Å²) in [5.74, 6) is -0.0438. The quantitative estimate of drug-likeness (QED) is 0.636. The molecule has 0 fully saturated rings. The van der Waals surface area contributed by atoms with Gasteiger partial charge in [-0.25, -0.2) is 13.1 Å². The van der Waals surface area contributed by atoms with E-state index in [1.165, 1.54) is 6.07 Å². The molecular weight excluding hydrogens is 396 g/mol. The molecule has 0 radical (unpaired) electrons. The van der Waals surface area contributed by atoms with Gasteiger partial charge in [0.15, 0.2) is 0 Å². The second kappa shape index (κ2) is 8.05. The number of carbonyl (C=O) groups is 1. The first-order chi connectivity index (χ1) is 14.4. The van der Waals surface area contributed by atoms with E-state index in [0.29, 0.717) is 18.5 Å². The lowest BCUT2D eigenvalue weighted by Crippen LogP contribution is -2.39. The van der Waals surface area contributed by atoms with Crippen molar-refractivity contribution in [2.24, 2.45) is 0 Å². The van der Waals surface area contributed by atoms with Crippen LogP contribution >= 0.6 is 0 Å². The highest BCUT2D eigenvalue weighted by Gasteiger charge is 2.31. The normalized spacial score (nSPS) is 14.1. The van der Waals surface area contributed by atoms with Gasteiger partial charge in [0.25, 0.3) is 0 Å². The number of benzene rings is 3. The van der Waals surface area contributed by atoms with E-state index in [0.717, 1.165) is 16.7 Å². The fraction of sp³-hybridized carbons (Fsp3) is 0.208. The summed E-state index contributed by atoms with van der Waals surface area (Å²) in [5.41, 5.74) is 3.06. The average molecular weight is 421 g/mol. The van der Waals surface area contributed by atoms with Gasteiger partial charge in [0.05, 0.1) is 4.90 Å². The first-order valence-electron chi connectivity index (χ1n) is 9.92. The molecule has 0 aliphatic carbocycles. The first-order valence-corrected chi connectivity index (χ1v) is 11.4. The summed E-state index contributed by atoms with van der Waals surface area (Å²) in [4.78, 5) is 11.8. The van der Waals surface area contributed by atoms with Crippen molar-refractivity contribution in [1.29, 1.82) is 0 Å². The van der Waals surface area contributed by atoms with Crippen LogP contribution in [0.2, 0.25) is 0 Å². The Labute approximate surface area is 177 Å². The Morgan fingerprint density at radius 2 is 1.50 bits per heavy atom. The van der Waals surface area contributed by atoms with Gasteiger partial charge in [0.2, 0.25) is 15.9 Å². The predicted molar refractivity (Wildman–Crippen MR) is 118 cm³/mol. The number of nitrogens with one attached hydrogen (secondary N) is 2. The zero-order valence-electron chi connectivity index (χ0n) is 16.8. The molecule has 0 unspecified atom stereocenters. The third-order valence-corrected chi connectivity index (χ3v) is 7.12. The van der Waals surface area contributed by atoms with E-state index < -0.39 is 15.4 Å². The molecular formula is C24H24N2O3S. The summed E-state index contributed by atoms with van der Waals surface area (Å²) in [6.07, 6.45) is 0.903. The molecule has 1 heterocycles. The van der Waals surface area contributed by atoms with Crippen LogP contribution in [-0.4, -0.2) is 20.9 Å². The van der Waals surface area contributed by atoms with Crippen LogP contribution in [-0.2, 0) is 26.7 Å². The Hall–Kier alpha value is -2.96. The number of aryl methyl sites for hydroxylation is 1. The van der Waals surface area contributed by atoms with Crippen LogP contribution in [0.4, 0.5) is 5.69 Å². The van der Waals surface area contributed by atoms with Crippen molar-refractivity contribution in [1.82, 2.24) is 4.72 Å². The summed E-state index contributed by atoms with van der Waals surface area (Å²) in [5, 5.41) is 2.78. The number of anilines is 1. The highest BCUT2D eigenvalue weighted by molar-refractivity contribution is 7.89. The number of rotatable bonds is 6. The molecule has 2 N–H and O–H groups in total. The minimum Gasteiger partial charge on any atom is -0.326 e. The molecule has 0 saturated carbocycles. The lowest BCUT2D eigenvalue weighted by Gasteiger charge is -2.31. The fourth-order valence-corrected chi connectivity index (χ4v) is 5.02. The molecule has 3 aromatic carbocycles. The number of sulfonamides is 1. The summed E-state index contributed by atoms with van der Waals surface area (Å²) >= 11 is 0. The summed E-state index contributed by atoms with van der Waals surface area (Å²) in [6.45, 7) is 2.26. The summed E-state index contributed by atoms with van der Waals surface area (Å²) in [7, 11) is -3.72. The van der Waals surface area contributed by atoms with E-state index >= 15 is 0 Å². The largest absolute Gasteiger partial charge is 0.326 e. The Balaban J connectivity index is 1.63. The SMILES string of the molecule is CC(CNS(=O)(=O)c1ccc2c(c1)CCC(=O)N2)(c1ccccc1)c1ccccc1. The molecule has 1 aliphatic rings. The van der Waals surface area contributed by atoms with E-state index in [1.54, 1.807) is 12.1 Å². The van der Waals surface area contributed by atoms with Crippen LogP contribution < -0.4 is 10.0 Å². The van der Waals surface area contributed by atoms with Crippen molar-refractivity contribution in [3.05, 3.63) is 95.6 Å². The molecule has 0 atom stereocenters. The van der Waals surface area contributed by atoms with E-state index in [4.69, 9.17) is 0 Å². The highest BCUT2D eigenvalue weighted by atomic mass is 32.2. The highest BCUT2D eigenvalue weighted by Crippen LogP contribution is 2.32. The Morgan fingerprint density at radius 1 is 0.900 bits per heavy atom. The number of amides is 1. The molecule has 30 heavy (non-hydrogen) atoms. The maximum absolute atomic E-state index is 13.1. The topological polar surface area (TPSA) is 75.3 Å². The fourth-order valence-electron chi connectivity index (χ4n) is 3.83. The maximum Gasteiger partial charge on any atom is 0.240 e. The van der Waals surface area contributed by atoms with Gasteiger partial charge < -0.3 is 5.32 Å². The van der Waals surface area contributed by atoms with Crippen molar-refractivity contribution >= 4 is 21.6 Å². The van der Waals surface area contributed by atoms with Crippen molar-refractivity contribution in [2.75, 3.05) is 11.9 Å². The van der Waals surface area contributed by atoms with Gasteiger partial charge in [-0.05, 0) is 41.3 Å². The monoisotopic (exact) mass is 420 g/mol. The van der Waals surface area contributed by atoms with Gasteiger partial charge in [-0.3, -0.25) is 4.79 Å². The lowest BCUT2D eigenvalue weighted by atomic mass is 9.76. The van der Waals surface area contributed by atoms with Gasteiger partial charge in [0, 0.05) is 24.1 Å². The minimum atomic E-state index is -3.72. The number of carbonyl (C=O) groups excluding carboxylic acids is 1. The molecule has 3 aromatic rings. The van der Waals surface area contributed by atoms with Gasteiger partial charge in [-0.1, -0.05) is 67.6 Å². The predicted octanol–water partition coefficient (Wildman–Crippen LogP) is 3.86. The van der Waals surface area contributed by atoms with Crippen LogP contribution in [0, 0.1) is 0 Å². The Kier molecular flexibility index (Phi) is 5.45. The molecule has 0 bridgehead atoms. The smallest absolute Gasteiger partial charge is 0.240 e. The van der Waals surface area contributed by atoms with E-state index in [9.17, 15) is 13.2 Å². The van der Waals surface area contributed by atoms with Gasteiger partial charge in [-0.15, -0.1) is 0 Å². The standard InChI is InChI=1S/C24H24N2O3S/c1-24(19-8-4-2-5-9-19,20-10-6-3-7-11-20)17-25-30(28,29)21-13-14-22-18(16-21)12-15-23(27)26-22/h2-11,13-14,16,25H,12,15,17H2,1H3,(H,26,27). The van der Waals surface area contributed by atoms with Crippen molar-refractivity contribution in [3.8, 4) is 0 Å². The van der Waals surface area contributed by atoms with Crippen LogP contribution in [0.5, 0.6) is 0 Å². The van der Waals surface area contributed by atoms with Crippen LogP contribution in [0.25, 0.3) is 0 Å². The second-order valence-electron chi connectivity index (χ2n) is 7.76. The molecule has 0 saturated heterocycles. The molecule has 0 aromatic heterocycles. The van der Waals surface area contributed by atoms with E-state index in [-0.39, 0.29) is 17.3 Å². The summed E-state index contributed by atoms with van der Waals surface area (Å²) < 4.78 is 29.0. The van der Waals surface area contributed by atoms with Crippen LogP contribution in [0.15, 0.2) is 83.8 Å². The van der Waals surface area contributed by atoms with Gasteiger partial charge >= 0.3 is 0 Å². The lowest BCUT2D eigenvalue weighted by molar-refractivity contribution is -0.116. The Bertz CT molecular complexity index is 1120. The molecule has 1 aliphatic heterocycles. The molecule has 5 nitrogen and oxygen atoms in total. The maximum atomic E-state index is 13.1. The van der Waals surface area contributed by atoms with Crippen molar-refractivity contribution < 1.29 is 13.2 Å². The zero-order valence-corrected chi connectivity index (χ0v) is 17.6. The number of hydrogen-bond donors (Lipinski definition) is 2. The zero-order chi connectivity index (χ0) is 21.2. The minimum absolute atomic E-state index is 0.0438. The van der Waals surface area contributed by atoms with Crippen molar-refractivity contribution in [3.63, 3.8) is 0 Å².